The van der Waals surface area contributed by atoms with Crippen molar-refractivity contribution in [1.29, 1.82) is 0 Å². The van der Waals surface area contributed by atoms with E-state index in [0.717, 1.165) is 42.4 Å². The first-order valence-electron chi connectivity index (χ1n) is 14.1. The van der Waals surface area contributed by atoms with E-state index in [1.807, 2.05) is 0 Å². The molecule has 0 heterocycles. The number of hydrogen-bond donors (Lipinski definition) is 2. The fraction of sp³-hybridized carbons (Fsp3) is 0.900. The molecule has 3 N–H and O–H groups in total. The van der Waals surface area contributed by atoms with Crippen molar-refractivity contribution in [2.75, 3.05) is 0 Å². The molecule has 3 heteroatoms. The predicted octanol–water partition coefficient (Wildman–Crippen LogP) is 6.68. The van der Waals surface area contributed by atoms with Gasteiger partial charge in [-0.1, -0.05) is 65.5 Å². The lowest BCUT2D eigenvalue weighted by Crippen LogP contribution is -2.56. The molecular weight excluding hydrogens is 406 g/mol. The summed E-state index contributed by atoms with van der Waals surface area (Å²) >= 11 is 0. The average molecular weight is 458 g/mol. The molecule has 0 aromatic heterocycles. The highest BCUT2D eigenvalue weighted by atomic mass is 16.3. The molecule has 3 fully saturated rings. The van der Waals surface area contributed by atoms with Crippen molar-refractivity contribution in [3.63, 3.8) is 0 Å². The minimum atomic E-state index is -1.25. The number of allylic oxidation sites excluding steroid dienone is 1. The van der Waals surface area contributed by atoms with Crippen molar-refractivity contribution in [1.82, 2.24) is 0 Å². The van der Waals surface area contributed by atoms with Gasteiger partial charge in [-0.25, -0.2) is 0 Å². The lowest BCUT2D eigenvalue weighted by atomic mass is 9.46. The largest absolute Gasteiger partial charge is 0.382 e. The average Bonchev–Trinajstić information content (AvgIpc) is 3.10. The van der Waals surface area contributed by atoms with Gasteiger partial charge >= 0.3 is 0 Å². The molecule has 3 nitrogen and oxygen atoms in total. The number of rotatable bonds is 7. The summed E-state index contributed by atoms with van der Waals surface area (Å²) in [5, 5.41) is 11.2. The quantitative estimate of drug-likeness (QED) is 0.419. The number of fused-ring (bicyclic) bond motifs is 5. The Morgan fingerprint density at radius 3 is 2.45 bits per heavy atom. The lowest BCUT2D eigenvalue weighted by Gasteiger charge is -2.59. The van der Waals surface area contributed by atoms with Gasteiger partial charge < -0.3 is 10.8 Å². The van der Waals surface area contributed by atoms with E-state index in [9.17, 15) is 9.90 Å². The lowest BCUT2D eigenvalue weighted by molar-refractivity contribution is -0.144. The summed E-state index contributed by atoms with van der Waals surface area (Å²) in [5.74, 6) is 4.70. The molecule has 0 aliphatic heterocycles. The maximum absolute atomic E-state index is 12.7. The Morgan fingerprint density at radius 2 is 1.79 bits per heavy atom. The number of Topliss-reactive ketones (excluding diaryl/α,β-unsaturated/α-hetero) is 1. The third-order valence-electron chi connectivity index (χ3n) is 11.2. The molecule has 0 amide bonds. The van der Waals surface area contributed by atoms with E-state index < -0.39 is 11.6 Å². The maximum Gasteiger partial charge on any atom is 0.180 e. The van der Waals surface area contributed by atoms with Crippen LogP contribution in [0, 0.1) is 46.3 Å². The summed E-state index contributed by atoms with van der Waals surface area (Å²) in [6.45, 7) is 14.1. The van der Waals surface area contributed by atoms with E-state index in [1.54, 1.807) is 6.92 Å². The molecule has 1 unspecified atom stereocenters. The normalized spacial score (nSPS) is 44.5. The van der Waals surface area contributed by atoms with Crippen LogP contribution in [0.25, 0.3) is 0 Å². The van der Waals surface area contributed by atoms with Gasteiger partial charge in [0.1, 0.15) is 5.60 Å². The number of carbonyl (C=O) groups is 1. The monoisotopic (exact) mass is 457 g/mol. The van der Waals surface area contributed by atoms with E-state index >= 15 is 0 Å². The van der Waals surface area contributed by atoms with Gasteiger partial charge in [-0.05, 0) is 98.2 Å². The highest BCUT2D eigenvalue weighted by molar-refractivity contribution is 5.91. The van der Waals surface area contributed by atoms with Gasteiger partial charge in [-0.2, -0.15) is 0 Å². The third kappa shape index (κ3) is 4.28. The van der Waals surface area contributed by atoms with Crippen molar-refractivity contribution < 1.29 is 9.90 Å². The number of nitrogens with two attached hydrogens (primary N) is 1. The van der Waals surface area contributed by atoms with E-state index in [-0.39, 0.29) is 11.2 Å². The summed E-state index contributed by atoms with van der Waals surface area (Å²) in [4.78, 5) is 12.7. The summed E-state index contributed by atoms with van der Waals surface area (Å²) in [6, 6.07) is -0.593. The highest BCUT2D eigenvalue weighted by Crippen LogP contribution is 2.67. The van der Waals surface area contributed by atoms with E-state index in [2.05, 4.69) is 40.7 Å². The molecule has 0 aromatic rings. The van der Waals surface area contributed by atoms with Crippen molar-refractivity contribution in [2.45, 2.75) is 124 Å². The summed E-state index contributed by atoms with van der Waals surface area (Å²) in [5.41, 5.74) is 6.64. The smallest absolute Gasteiger partial charge is 0.180 e. The molecule has 0 radical (unpaired) electrons. The fourth-order valence-electron chi connectivity index (χ4n) is 9.31. The van der Waals surface area contributed by atoms with Crippen LogP contribution in [0.4, 0.5) is 0 Å². The summed E-state index contributed by atoms with van der Waals surface area (Å²) in [7, 11) is 0. The van der Waals surface area contributed by atoms with Crippen LogP contribution in [-0.2, 0) is 4.79 Å². The molecule has 0 spiro atoms. The molecule has 188 valence electrons. The third-order valence-corrected chi connectivity index (χ3v) is 11.2. The van der Waals surface area contributed by atoms with Gasteiger partial charge in [-0.15, -0.1) is 0 Å². The Morgan fingerprint density at radius 1 is 1.06 bits per heavy atom. The molecular formula is C30H51NO2. The number of aliphatic hydroxyl groups is 1. The second-order valence-corrected chi connectivity index (χ2v) is 13.7. The number of ketones is 1. The fourth-order valence-corrected chi connectivity index (χ4v) is 9.31. The molecule has 0 aromatic carbocycles. The molecule has 4 aliphatic carbocycles. The van der Waals surface area contributed by atoms with Gasteiger partial charge in [0.15, 0.2) is 5.78 Å². The van der Waals surface area contributed by atoms with Crippen LogP contribution in [-0.4, -0.2) is 22.5 Å². The van der Waals surface area contributed by atoms with Crippen molar-refractivity contribution in [3.05, 3.63) is 11.6 Å². The Hall–Kier alpha value is -0.670. The molecule has 3 saturated carbocycles. The zero-order chi connectivity index (χ0) is 24.2. The number of hydrogen-bond acceptors (Lipinski definition) is 3. The number of carbonyl (C=O) groups excluding carboxylic acids is 1. The Labute approximate surface area is 203 Å². The second-order valence-electron chi connectivity index (χ2n) is 13.7. The van der Waals surface area contributed by atoms with Crippen LogP contribution in [0.2, 0.25) is 0 Å². The van der Waals surface area contributed by atoms with Crippen LogP contribution < -0.4 is 5.73 Å². The Balaban J connectivity index is 1.50. The molecule has 4 aliphatic rings. The minimum absolute atomic E-state index is 0.148. The SMILES string of the molecule is CC(C)CCC[C@@H](C)[C@H]1CC[C@H]2[C@@H]3CC=C4CC(O)(C(=O)[C@H](C)N)CC[C@]4(C)[C@H]3CC[C@]12C. The summed E-state index contributed by atoms with van der Waals surface area (Å²) < 4.78 is 0. The van der Waals surface area contributed by atoms with Gasteiger partial charge in [0, 0.05) is 6.42 Å². The van der Waals surface area contributed by atoms with Crippen LogP contribution in [0.15, 0.2) is 11.6 Å². The van der Waals surface area contributed by atoms with Gasteiger partial charge in [0.2, 0.25) is 0 Å². The molecule has 33 heavy (non-hydrogen) atoms. The zero-order valence-corrected chi connectivity index (χ0v) is 22.3. The van der Waals surface area contributed by atoms with E-state index in [1.165, 1.54) is 50.5 Å². The van der Waals surface area contributed by atoms with Crippen molar-refractivity contribution in [2.24, 2.45) is 52.1 Å². The zero-order valence-electron chi connectivity index (χ0n) is 22.3. The topological polar surface area (TPSA) is 63.3 Å². The van der Waals surface area contributed by atoms with Crippen molar-refractivity contribution >= 4 is 5.78 Å². The standard InChI is InChI=1S/C30H51NO2/c1-19(2)8-7-9-20(3)24-12-13-25-23-11-10-22-18-30(33,27(32)21(4)31)17-16-28(22,5)26(23)14-15-29(24,25)6/h10,19-21,23-26,33H,7-9,11-18,31H2,1-6H3/t20-,21+,23+,24-,25+,26+,28+,29-,30?/m1/s1. The van der Waals surface area contributed by atoms with Crippen molar-refractivity contribution in [3.8, 4) is 0 Å². The Bertz CT molecular complexity index is 771. The first-order chi connectivity index (χ1) is 15.4. The van der Waals surface area contributed by atoms with Gasteiger partial charge in [-0.3, -0.25) is 4.79 Å². The van der Waals surface area contributed by atoms with E-state index in [4.69, 9.17) is 5.73 Å². The predicted molar refractivity (Wildman–Crippen MR) is 137 cm³/mol. The summed E-state index contributed by atoms with van der Waals surface area (Å²) in [6.07, 6.45) is 15.3. The van der Waals surface area contributed by atoms with Gasteiger partial charge in [0.25, 0.3) is 0 Å². The van der Waals surface area contributed by atoms with Gasteiger partial charge in [0.05, 0.1) is 6.04 Å². The molecule has 0 saturated heterocycles. The highest BCUT2D eigenvalue weighted by Gasteiger charge is 2.60. The van der Waals surface area contributed by atoms with Crippen LogP contribution in [0.1, 0.15) is 112 Å². The first kappa shape index (κ1) is 25.4. The van der Waals surface area contributed by atoms with Crippen LogP contribution in [0.5, 0.6) is 0 Å². The maximum atomic E-state index is 12.7. The van der Waals surface area contributed by atoms with Crippen LogP contribution in [0.3, 0.4) is 0 Å². The molecule has 0 bridgehead atoms. The first-order valence-corrected chi connectivity index (χ1v) is 14.1. The second kappa shape index (κ2) is 9.08. The van der Waals surface area contributed by atoms with Crippen LogP contribution >= 0.6 is 0 Å². The molecule has 4 rings (SSSR count). The minimum Gasteiger partial charge on any atom is -0.382 e. The molecule has 9 atom stereocenters. The Kier molecular flexibility index (Phi) is 7.00. The van der Waals surface area contributed by atoms with E-state index in [0.29, 0.717) is 24.2 Å².